The van der Waals surface area contributed by atoms with E-state index in [2.05, 4.69) is 0 Å². The van der Waals surface area contributed by atoms with Gasteiger partial charge in [0, 0.05) is 19.0 Å². The Labute approximate surface area is 94.6 Å². The third-order valence-corrected chi connectivity index (χ3v) is 3.29. The van der Waals surface area contributed by atoms with E-state index in [1.54, 1.807) is 11.8 Å². The number of carbonyl (C=O) groups excluding carboxylic acids is 2. The summed E-state index contributed by atoms with van der Waals surface area (Å²) in [7, 11) is 0. The topological polar surface area (TPSA) is 63.4 Å². The van der Waals surface area contributed by atoms with Crippen LogP contribution in [0.25, 0.3) is 0 Å². The van der Waals surface area contributed by atoms with Gasteiger partial charge in [-0.25, -0.2) is 0 Å². The third kappa shape index (κ3) is 4.22. The average molecular weight is 230 g/mol. The molecule has 0 saturated carbocycles. The van der Waals surface area contributed by atoms with Gasteiger partial charge in [0.2, 0.25) is 11.8 Å². The van der Waals surface area contributed by atoms with Crippen molar-refractivity contribution < 1.29 is 9.59 Å². The Bertz CT molecular complexity index is 244. The largest absolute Gasteiger partial charge is 0.328 e. The van der Waals surface area contributed by atoms with Crippen LogP contribution < -0.4 is 5.73 Å². The molecule has 1 atom stereocenters. The number of nitrogens with two attached hydrogens (primary N) is 1. The van der Waals surface area contributed by atoms with E-state index in [1.165, 1.54) is 4.90 Å². The van der Waals surface area contributed by atoms with Gasteiger partial charge < -0.3 is 5.73 Å². The van der Waals surface area contributed by atoms with Gasteiger partial charge in [0.05, 0.1) is 5.75 Å². The highest BCUT2D eigenvalue weighted by Crippen LogP contribution is 2.12. The van der Waals surface area contributed by atoms with Crippen LogP contribution in [0, 0.1) is 0 Å². The molecule has 5 heteroatoms. The van der Waals surface area contributed by atoms with E-state index in [-0.39, 0.29) is 17.9 Å². The molecule has 1 aliphatic rings. The summed E-state index contributed by atoms with van der Waals surface area (Å²) in [5.41, 5.74) is 5.59. The second-order valence-electron chi connectivity index (χ2n) is 3.86. The number of rotatable bonds is 5. The van der Waals surface area contributed by atoms with Crippen LogP contribution >= 0.6 is 11.8 Å². The molecule has 1 aliphatic heterocycles. The van der Waals surface area contributed by atoms with Crippen molar-refractivity contribution in [2.75, 3.05) is 18.1 Å². The predicted molar refractivity (Wildman–Crippen MR) is 61.5 cm³/mol. The first kappa shape index (κ1) is 12.5. The molecular weight excluding hydrogens is 212 g/mol. The van der Waals surface area contributed by atoms with Gasteiger partial charge in [0.25, 0.3) is 0 Å². The summed E-state index contributed by atoms with van der Waals surface area (Å²) in [6, 6.07) is 0.182. The smallest absolute Gasteiger partial charge is 0.239 e. The number of hydrogen-bond donors (Lipinski definition) is 1. The number of carbonyl (C=O) groups is 2. The van der Waals surface area contributed by atoms with Crippen molar-refractivity contribution in [3.05, 3.63) is 0 Å². The first-order chi connectivity index (χ1) is 7.11. The molecule has 86 valence electrons. The maximum absolute atomic E-state index is 11.6. The quantitative estimate of drug-likeness (QED) is 0.703. The monoisotopic (exact) mass is 230 g/mol. The lowest BCUT2D eigenvalue weighted by Crippen LogP contribution is -2.33. The number of hydrogen-bond acceptors (Lipinski definition) is 4. The number of imide groups is 1. The molecule has 4 nitrogen and oxygen atoms in total. The predicted octanol–water partition coefficient (Wildman–Crippen LogP) is 0.606. The Balaban J connectivity index is 2.16. The van der Waals surface area contributed by atoms with Crippen LogP contribution in [0.3, 0.4) is 0 Å². The third-order valence-electron chi connectivity index (χ3n) is 2.32. The molecule has 0 radical (unpaired) electrons. The van der Waals surface area contributed by atoms with E-state index in [0.717, 1.165) is 18.6 Å². The standard InChI is InChI=1S/C10H18N2O2S/c1-8(11)4-6-15-7-10(14)12-5-2-3-9(12)13/h8H,2-7,11H2,1H3. The van der Waals surface area contributed by atoms with Crippen LogP contribution in [-0.2, 0) is 9.59 Å². The van der Waals surface area contributed by atoms with E-state index in [9.17, 15) is 9.59 Å². The van der Waals surface area contributed by atoms with Crippen LogP contribution in [0.4, 0.5) is 0 Å². The molecule has 1 fully saturated rings. The molecule has 1 saturated heterocycles. The van der Waals surface area contributed by atoms with Gasteiger partial charge in [-0.2, -0.15) is 11.8 Å². The van der Waals surface area contributed by atoms with Crippen LogP contribution in [0.2, 0.25) is 0 Å². The Morgan fingerprint density at radius 3 is 2.93 bits per heavy atom. The van der Waals surface area contributed by atoms with Crippen LogP contribution in [0.1, 0.15) is 26.2 Å². The molecule has 0 aliphatic carbocycles. The highest BCUT2D eigenvalue weighted by molar-refractivity contribution is 7.99. The number of likely N-dealkylation sites (tertiary alicyclic amines) is 1. The summed E-state index contributed by atoms with van der Waals surface area (Å²) in [6.07, 6.45) is 2.25. The molecule has 0 bridgehead atoms. The summed E-state index contributed by atoms with van der Waals surface area (Å²) in [5, 5.41) is 0. The fourth-order valence-electron chi connectivity index (χ4n) is 1.42. The van der Waals surface area contributed by atoms with Gasteiger partial charge in [0.15, 0.2) is 0 Å². The molecule has 2 N–H and O–H groups in total. The Hall–Kier alpha value is -0.550. The van der Waals surface area contributed by atoms with E-state index in [0.29, 0.717) is 18.7 Å². The van der Waals surface area contributed by atoms with Crippen LogP contribution in [0.15, 0.2) is 0 Å². The molecule has 1 unspecified atom stereocenters. The SMILES string of the molecule is CC(N)CCSCC(=O)N1CCCC1=O. The lowest BCUT2D eigenvalue weighted by atomic mass is 10.3. The van der Waals surface area contributed by atoms with Gasteiger partial charge in [-0.3, -0.25) is 14.5 Å². The fourth-order valence-corrected chi connectivity index (χ4v) is 2.43. The van der Waals surface area contributed by atoms with Crippen molar-refractivity contribution in [2.24, 2.45) is 5.73 Å². The first-order valence-electron chi connectivity index (χ1n) is 5.28. The average Bonchev–Trinajstić information content (AvgIpc) is 2.58. The van der Waals surface area contributed by atoms with Crippen molar-refractivity contribution in [2.45, 2.75) is 32.2 Å². The minimum atomic E-state index is -0.0489. The zero-order valence-electron chi connectivity index (χ0n) is 9.07. The van der Waals surface area contributed by atoms with Crippen LogP contribution in [-0.4, -0.2) is 40.8 Å². The van der Waals surface area contributed by atoms with Crippen molar-refractivity contribution >= 4 is 23.6 Å². The van der Waals surface area contributed by atoms with Crippen molar-refractivity contribution in [1.82, 2.24) is 4.90 Å². The second-order valence-corrected chi connectivity index (χ2v) is 4.97. The summed E-state index contributed by atoms with van der Waals surface area (Å²) in [5.74, 6) is 1.21. The lowest BCUT2D eigenvalue weighted by molar-refractivity contribution is -0.140. The van der Waals surface area contributed by atoms with E-state index < -0.39 is 0 Å². The Morgan fingerprint density at radius 2 is 2.40 bits per heavy atom. The minimum absolute atomic E-state index is 0.0206. The molecule has 1 rings (SSSR count). The zero-order valence-corrected chi connectivity index (χ0v) is 9.89. The molecular formula is C10H18N2O2S. The van der Waals surface area contributed by atoms with E-state index in [4.69, 9.17) is 5.73 Å². The van der Waals surface area contributed by atoms with E-state index >= 15 is 0 Å². The minimum Gasteiger partial charge on any atom is -0.328 e. The Kier molecular flexibility index (Phi) is 5.11. The highest BCUT2D eigenvalue weighted by Gasteiger charge is 2.25. The number of nitrogens with zero attached hydrogens (tertiary/aromatic N) is 1. The van der Waals surface area contributed by atoms with Gasteiger partial charge in [0.1, 0.15) is 0 Å². The highest BCUT2D eigenvalue weighted by atomic mass is 32.2. The maximum atomic E-state index is 11.6. The summed E-state index contributed by atoms with van der Waals surface area (Å²) < 4.78 is 0. The van der Waals surface area contributed by atoms with Crippen LogP contribution in [0.5, 0.6) is 0 Å². The Morgan fingerprint density at radius 1 is 1.67 bits per heavy atom. The van der Waals surface area contributed by atoms with Gasteiger partial charge >= 0.3 is 0 Å². The molecule has 1 heterocycles. The zero-order chi connectivity index (χ0) is 11.3. The van der Waals surface area contributed by atoms with Gasteiger partial charge in [-0.1, -0.05) is 0 Å². The van der Waals surface area contributed by atoms with Crippen molar-refractivity contribution in [1.29, 1.82) is 0 Å². The summed E-state index contributed by atoms with van der Waals surface area (Å²) in [4.78, 5) is 24.2. The fraction of sp³-hybridized carbons (Fsp3) is 0.800. The molecule has 0 aromatic heterocycles. The molecule has 15 heavy (non-hydrogen) atoms. The van der Waals surface area contributed by atoms with Gasteiger partial charge in [-0.05, 0) is 25.5 Å². The molecule has 0 aromatic carbocycles. The van der Waals surface area contributed by atoms with Crippen molar-refractivity contribution in [3.63, 3.8) is 0 Å². The summed E-state index contributed by atoms with van der Waals surface area (Å²) in [6.45, 7) is 2.55. The first-order valence-corrected chi connectivity index (χ1v) is 6.43. The maximum Gasteiger partial charge on any atom is 0.239 e. The van der Waals surface area contributed by atoms with E-state index in [1.807, 2.05) is 6.92 Å². The lowest BCUT2D eigenvalue weighted by Gasteiger charge is -2.13. The number of amides is 2. The van der Waals surface area contributed by atoms with Gasteiger partial charge in [-0.15, -0.1) is 0 Å². The molecule has 0 aromatic rings. The normalized spacial score (nSPS) is 18.3. The van der Waals surface area contributed by atoms with Crippen molar-refractivity contribution in [3.8, 4) is 0 Å². The summed E-state index contributed by atoms with van der Waals surface area (Å²) >= 11 is 1.56. The second kappa shape index (κ2) is 6.12. The number of thioether (sulfide) groups is 1. The molecule has 0 spiro atoms. The molecule has 2 amide bonds.